The maximum atomic E-state index is 12.3. The molecular weight excluding hydrogens is 410 g/mol. The number of hydrogen-bond donors (Lipinski definition) is 1. The van der Waals surface area contributed by atoms with Gasteiger partial charge in [-0.15, -0.1) is 11.3 Å². The van der Waals surface area contributed by atoms with E-state index in [0.29, 0.717) is 18.9 Å². The van der Waals surface area contributed by atoms with Crippen LogP contribution in [0, 0.1) is 0 Å². The van der Waals surface area contributed by atoms with Crippen LogP contribution in [-0.2, 0) is 11.3 Å². The molecule has 2 heterocycles. The Morgan fingerprint density at radius 1 is 0.968 bits per heavy atom. The molecule has 1 N–H and O–H groups in total. The van der Waals surface area contributed by atoms with Crippen LogP contribution in [0.25, 0.3) is 32.3 Å². The van der Waals surface area contributed by atoms with Crippen LogP contribution in [0.1, 0.15) is 5.56 Å². The SMILES string of the molecule is O=C(NCc1ccc2ccc3cccc4ccc1c2c34)OCC1COc2cscc2O1. The molecule has 6 heteroatoms. The molecule has 154 valence electrons. The van der Waals surface area contributed by atoms with Gasteiger partial charge in [-0.05, 0) is 37.9 Å². The number of ether oxygens (including phenoxy) is 3. The third-order valence-corrected chi connectivity index (χ3v) is 6.45. The lowest BCUT2D eigenvalue weighted by Gasteiger charge is -2.24. The average Bonchev–Trinajstić information content (AvgIpc) is 3.28. The zero-order valence-electron chi connectivity index (χ0n) is 16.6. The minimum atomic E-state index is -0.467. The highest BCUT2D eigenvalue weighted by Gasteiger charge is 2.23. The Bertz CT molecular complexity index is 1390. The quantitative estimate of drug-likeness (QED) is 0.372. The normalized spacial score (nSPS) is 15.5. The van der Waals surface area contributed by atoms with E-state index in [9.17, 15) is 4.79 Å². The molecule has 4 aromatic carbocycles. The molecule has 1 amide bonds. The number of alkyl carbamates (subject to hydrolysis) is 1. The minimum Gasteiger partial charge on any atom is -0.485 e. The van der Waals surface area contributed by atoms with E-state index in [1.54, 1.807) is 0 Å². The van der Waals surface area contributed by atoms with Crippen LogP contribution in [0.4, 0.5) is 4.79 Å². The number of fused-ring (bicyclic) bond motifs is 1. The molecule has 1 unspecified atom stereocenters. The van der Waals surface area contributed by atoms with E-state index < -0.39 is 6.09 Å². The van der Waals surface area contributed by atoms with Gasteiger partial charge in [0.05, 0.1) is 0 Å². The summed E-state index contributed by atoms with van der Waals surface area (Å²) in [6.45, 7) is 0.898. The number of carbonyl (C=O) groups is 1. The number of hydrogen-bond acceptors (Lipinski definition) is 5. The van der Waals surface area contributed by atoms with Gasteiger partial charge < -0.3 is 19.5 Å². The highest BCUT2D eigenvalue weighted by atomic mass is 32.1. The van der Waals surface area contributed by atoms with Crippen LogP contribution in [0.3, 0.4) is 0 Å². The zero-order chi connectivity index (χ0) is 20.8. The summed E-state index contributed by atoms with van der Waals surface area (Å²) >= 11 is 1.52. The summed E-state index contributed by atoms with van der Waals surface area (Å²) in [6, 6.07) is 19.1. The van der Waals surface area contributed by atoms with Crippen molar-refractivity contribution in [1.82, 2.24) is 5.32 Å². The molecule has 0 saturated heterocycles. The fourth-order valence-corrected chi connectivity index (χ4v) is 4.95. The summed E-state index contributed by atoms with van der Waals surface area (Å²) in [5.74, 6) is 1.46. The highest BCUT2D eigenvalue weighted by Crippen LogP contribution is 2.36. The predicted molar refractivity (Wildman–Crippen MR) is 123 cm³/mol. The van der Waals surface area contributed by atoms with Crippen LogP contribution in [0.15, 0.2) is 65.4 Å². The molecule has 1 atom stereocenters. The lowest BCUT2D eigenvalue weighted by Crippen LogP contribution is -2.35. The molecule has 1 aliphatic heterocycles. The Kier molecular flexibility index (Phi) is 4.32. The van der Waals surface area contributed by atoms with Gasteiger partial charge in [0.1, 0.15) is 13.2 Å². The van der Waals surface area contributed by atoms with Gasteiger partial charge in [-0.25, -0.2) is 4.79 Å². The van der Waals surface area contributed by atoms with E-state index in [1.165, 1.54) is 38.3 Å². The standard InChI is InChI=1S/C25H19NO4S/c27-25(29-12-19-11-28-21-13-31-14-22(21)30-19)26-10-18-7-6-17-5-4-15-2-1-3-16-8-9-20(18)24(17)23(15)16/h1-9,13-14,19H,10-12H2,(H,26,27). The van der Waals surface area contributed by atoms with Crippen molar-refractivity contribution in [3.63, 3.8) is 0 Å². The summed E-state index contributed by atoms with van der Waals surface area (Å²) < 4.78 is 16.8. The van der Waals surface area contributed by atoms with Gasteiger partial charge in [0.25, 0.3) is 0 Å². The summed E-state index contributed by atoms with van der Waals surface area (Å²) in [5, 5.41) is 14.0. The van der Waals surface area contributed by atoms with Gasteiger partial charge in [-0.2, -0.15) is 0 Å². The Hall–Kier alpha value is -3.51. The summed E-state index contributed by atoms with van der Waals surface area (Å²) in [6.07, 6.45) is -0.771. The number of rotatable bonds is 4. The van der Waals surface area contributed by atoms with Crippen molar-refractivity contribution in [3.05, 3.63) is 70.9 Å². The molecule has 0 fully saturated rings. The fraction of sp³-hybridized carbons (Fsp3) is 0.160. The first-order valence-corrected chi connectivity index (χ1v) is 11.1. The maximum absolute atomic E-state index is 12.3. The first-order valence-electron chi connectivity index (χ1n) is 10.2. The molecule has 0 spiro atoms. The zero-order valence-corrected chi connectivity index (χ0v) is 17.4. The van der Waals surface area contributed by atoms with Crippen LogP contribution in [0.2, 0.25) is 0 Å². The van der Waals surface area contributed by atoms with Crippen molar-refractivity contribution in [2.75, 3.05) is 13.2 Å². The molecule has 0 aliphatic carbocycles. The molecule has 5 nitrogen and oxygen atoms in total. The van der Waals surface area contributed by atoms with E-state index in [1.807, 2.05) is 10.8 Å². The van der Waals surface area contributed by atoms with Crippen molar-refractivity contribution < 1.29 is 19.0 Å². The van der Waals surface area contributed by atoms with Crippen molar-refractivity contribution >= 4 is 49.7 Å². The van der Waals surface area contributed by atoms with Crippen molar-refractivity contribution in [2.45, 2.75) is 12.6 Å². The molecule has 0 bridgehead atoms. The summed E-state index contributed by atoms with van der Waals surface area (Å²) in [5.41, 5.74) is 1.06. The van der Waals surface area contributed by atoms with E-state index in [-0.39, 0.29) is 12.7 Å². The van der Waals surface area contributed by atoms with Crippen LogP contribution < -0.4 is 14.8 Å². The molecule has 1 aromatic heterocycles. The van der Waals surface area contributed by atoms with Crippen molar-refractivity contribution in [2.24, 2.45) is 0 Å². The molecular formula is C25H19NO4S. The Morgan fingerprint density at radius 3 is 2.58 bits per heavy atom. The van der Waals surface area contributed by atoms with Crippen molar-refractivity contribution in [1.29, 1.82) is 0 Å². The third kappa shape index (κ3) is 3.20. The molecule has 0 radical (unpaired) electrons. The van der Waals surface area contributed by atoms with Gasteiger partial charge in [0, 0.05) is 17.3 Å². The van der Waals surface area contributed by atoms with Crippen LogP contribution >= 0.6 is 11.3 Å². The Morgan fingerprint density at radius 2 is 1.71 bits per heavy atom. The van der Waals surface area contributed by atoms with Crippen LogP contribution in [-0.4, -0.2) is 25.4 Å². The van der Waals surface area contributed by atoms with Gasteiger partial charge in [0.2, 0.25) is 0 Å². The topological polar surface area (TPSA) is 56.8 Å². The number of nitrogens with one attached hydrogen (secondary N) is 1. The number of benzene rings is 4. The Balaban J connectivity index is 1.17. The third-order valence-electron chi connectivity index (χ3n) is 5.75. The minimum absolute atomic E-state index is 0.138. The molecule has 5 aromatic rings. The van der Waals surface area contributed by atoms with Gasteiger partial charge in [-0.3, -0.25) is 0 Å². The van der Waals surface area contributed by atoms with E-state index in [0.717, 1.165) is 16.7 Å². The fourth-order valence-electron chi connectivity index (χ4n) is 4.28. The van der Waals surface area contributed by atoms with Gasteiger partial charge in [0.15, 0.2) is 17.6 Å². The number of thiophene rings is 1. The van der Waals surface area contributed by atoms with E-state index >= 15 is 0 Å². The molecule has 31 heavy (non-hydrogen) atoms. The molecule has 6 rings (SSSR count). The van der Waals surface area contributed by atoms with Gasteiger partial charge in [-0.1, -0.05) is 54.6 Å². The lowest BCUT2D eigenvalue weighted by atomic mass is 9.92. The summed E-state index contributed by atoms with van der Waals surface area (Å²) in [7, 11) is 0. The average molecular weight is 429 g/mol. The molecule has 1 aliphatic rings. The monoisotopic (exact) mass is 429 g/mol. The summed E-state index contributed by atoms with van der Waals surface area (Å²) in [4.78, 5) is 12.3. The predicted octanol–water partition coefficient (Wildman–Crippen LogP) is 5.71. The number of carbonyl (C=O) groups excluding carboxylic acids is 1. The second-order valence-electron chi connectivity index (χ2n) is 7.68. The van der Waals surface area contributed by atoms with E-state index in [2.05, 4.69) is 59.9 Å². The second-order valence-corrected chi connectivity index (χ2v) is 8.43. The lowest BCUT2D eigenvalue weighted by molar-refractivity contribution is 0.0342. The van der Waals surface area contributed by atoms with Crippen LogP contribution in [0.5, 0.6) is 11.5 Å². The smallest absolute Gasteiger partial charge is 0.407 e. The van der Waals surface area contributed by atoms with Gasteiger partial charge >= 0.3 is 6.09 Å². The molecule has 0 saturated carbocycles. The largest absolute Gasteiger partial charge is 0.485 e. The number of amides is 1. The Labute approximate surface area is 182 Å². The maximum Gasteiger partial charge on any atom is 0.407 e. The second kappa shape index (κ2) is 7.32. The van der Waals surface area contributed by atoms with E-state index in [4.69, 9.17) is 14.2 Å². The first kappa shape index (κ1) is 18.3. The van der Waals surface area contributed by atoms with Crippen molar-refractivity contribution in [3.8, 4) is 11.5 Å². The highest BCUT2D eigenvalue weighted by molar-refractivity contribution is 7.08. The first-order chi connectivity index (χ1) is 15.3.